The second-order valence-electron chi connectivity index (χ2n) is 1.73. The molecule has 0 aliphatic carbocycles. The van der Waals surface area contributed by atoms with Crippen molar-refractivity contribution in [1.29, 1.82) is 5.26 Å². The molecule has 0 amide bonds. The summed E-state index contributed by atoms with van der Waals surface area (Å²) in [7, 11) is 0. The van der Waals surface area contributed by atoms with Gasteiger partial charge in [-0.05, 0) is 24.3 Å². The first-order valence-corrected chi connectivity index (χ1v) is 2.58. The van der Waals surface area contributed by atoms with Gasteiger partial charge >= 0.3 is 0 Å². The average molecular weight is 155 g/mol. The lowest BCUT2D eigenvalue weighted by Crippen LogP contribution is -1.82. The Hall–Kier alpha value is -1.20. The molecule has 0 aliphatic rings. The zero-order valence-electron chi connectivity index (χ0n) is 5.24. The molecule has 0 spiro atoms. The number of hydrogen-bond acceptors (Lipinski definition) is 2. The summed E-state index contributed by atoms with van der Waals surface area (Å²) in [5.41, 5.74) is 6.70. The van der Waals surface area contributed by atoms with Gasteiger partial charge < -0.3 is 5.73 Å². The fraction of sp³-hybridized carbons (Fsp3) is 0. The number of anilines is 1. The van der Waals surface area contributed by atoms with E-state index in [0.717, 1.165) is 0 Å². The molecular formula is C7H7ClN2. The molecule has 1 rings (SSSR count). The lowest BCUT2D eigenvalue weighted by Gasteiger charge is -1.88. The molecule has 3 heteroatoms. The highest BCUT2D eigenvalue weighted by molar-refractivity contribution is 5.85. The molecule has 2 nitrogen and oxygen atoms in total. The first-order chi connectivity index (χ1) is 4.33. The smallest absolute Gasteiger partial charge is 0.0991 e. The van der Waals surface area contributed by atoms with Crippen LogP contribution in [-0.2, 0) is 0 Å². The van der Waals surface area contributed by atoms with Crippen molar-refractivity contribution in [2.45, 2.75) is 0 Å². The summed E-state index contributed by atoms with van der Waals surface area (Å²) in [6.07, 6.45) is 0. The first kappa shape index (κ1) is 8.80. The SMILES string of the molecule is Cl.N#Cc1ccc(N)cc1. The molecule has 0 aromatic heterocycles. The third-order valence-electron chi connectivity index (χ3n) is 1.04. The number of halogens is 1. The minimum atomic E-state index is 0. The maximum atomic E-state index is 8.34. The predicted molar refractivity (Wildman–Crippen MR) is 42.8 cm³/mol. The lowest BCUT2D eigenvalue weighted by molar-refractivity contribution is 1.49. The highest BCUT2D eigenvalue weighted by Crippen LogP contribution is 2.02. The van der Waals surface area contributed by atoms with Crippen LogP contribution in [0.3, 0.4) is 0 Å². The van der Waals surface area contributed by atoms with Crippen LogP contribution < -0.4 is 5.73 Å². The maximum Gasteiger partial charge on any atom is 0.0991 e. The van der Waals surface area contributed by atoms with Gasteiger partial charge in [0.05, 0.1) is 11.6 Å². The molecule has 0 saturated carbocycles. The Bertz CT molecular complexity index is 235. The molecule has 0 bridgehead atoms. The van der Waals surface area contributed by atoms with E-state index < -0.39 is 0 Å². The highest BCUT2D eigenvalue weighted by atomic mass is 35.5. The molecule has 0 unspecified atom stereocenters. The van der Waals surface area contributed by atoms with E-state index in [9.17, 15) is 0 Å². The fourth-order valence-corrected chi connectivity index (χ4v) is 0.558. The van der Waals surface area contributed by atoms with Gasteiger partial charge in [-0.25, -0.2) is 0 Å². The van der Waals surface area contributed by atoms with Gasteiger partial charge in [-0.3, -0.25) is 0 Å². The van der Waals surface area contributed by atoms with Crippen molar-refractivity contribution in [3.63, 3.8) is 0 Å². The number of nitrogens with two attached hydrogens (primary N) is 1. The molecular weight excluding hydrogens is 148 g/mol. The molecule has 0 saturated heterocycles. The summed E-state index contributed by atoms with van der Waals surface area (Å²) in [5.74, 6) is 0. The Morgan fingerprint density at radius 3 is 2.10 bits per heavy atom. The van der Waals surface area contributed by atoms with E-state index in [1.54, 1.807) is 24.3 Å². The van der Waals surface area contributed by atoms with Crippen molar-refractivity contribution >= 4 is 18.1 Å². The normalized spacial score (nSPS) is 7.50. The third kappa shape index (κ3) is 1.96. The summed E-state index contributed by atoms with van der Waals surface area (Å²) in [6.45, 7) is 0. The predicted octanol–water partition coefficient (Wildman–Crippen LogP) is 1.56. The Balaban J connectivity index is 0.000000810. The first-order valence-electron chi connectivity index (χ1n) is 2.58. The van der Waals surface area contributed by atoms with Gasteiger partial charge in [-0.2, -0.15) is 5.26 Å². The molecule has 1 aromatic carbocycles. The Morgan fingerprint density at radius 2 is 1.70 bits per heavy atom. The third-order valence-corrected chi connectivity index (χ3v) is 1.04. The van der Waals surface area contributed by atoms with Gasteiger partial charge in [0.1, 0.15) is 0 Å². The van der Waals surface area contributed by atoms with E-state index >= 15 is 0 Å². The standard InChI is InChI=1S/C7H6N2.ClH/c8-5-6-1-3-7(9)4-2-6;/h1-4H,9H2;1H. The van der Waals surface area contributed by atoms with Crippen LogP contribution in [0.5, 0.6) is 0 Å². The van der Waals surface area contributed by atoms with E-state index in [-0.39, 0.29) is 12.4 Å². The van der Waals surface area contributed by atoms with Crippen LogP contribution >= 0.6 is 12.4 Å². The van der Waals surface area contributed by atoms with Crippen LogP contribution in [0.2, 0.25) is 0 Å². The van der Waals surface area contributed by atoms with E-state index in [2.05, 4.69) is 0 Å². The second-order valence-corrected chi connectivity index (χ2v) is 1.73. The van der Waals surface area contributed by atoms with Crippen LogP contribution in [0.15, 0.2) is 24.3 Å². The van der Waals surface area contributed by atoms with E-state index in [4.69, 9.17) is 11.0 Å². The van der Waals surface area contributed by atoms with E-state index in [0.29, 0.717) is 11.3 Å². The van der Waals surface area contributed by atoms with Crippen molar-refractivity contribution in [2.75, 3.05) is 5.73 Å². The summed E-state index contributed by atoms with van der Waals surface area (Å²) in [6, 6.07) is 8.79. The van der Waals surface area contributed by atoms with Crippen LogP contribution in [0, 0.1) is 11.3 Å². The minimum absolute atomic E-state index is 0. The van der Waals surface area contributed by atoms with Gasteiger partial charge in [-0.15, -0.1) is 12.4 Å². The molecule has 0 fully saturated rings. The fourth-order valence-electron chi connectivity index (χ4n) is 0.558. The van der Waals surface area contributed by atoms with Crippen molar-refractivity contribution in [3.05, 3.63) is 29.8 Å². The molecule has 10 heavy (non-hydrogen) atoms. The monoisotopic (exact) mass is 154 g/mol. The molecule has 1 aromatic rings. The molecule has 0 atom stereocenters. The van der Waals surface area contributed by atoms with Crippen LogP contribution in [0.25, 0.3) is 0 Å². The average Bonchev–Trinajstić information content (AvgIpc) is 1.90. The Kier molecular flexibility index (Phi) is 3.30. The Morgan fingerprint density at radius 1 is 1.20 bits per heavy atom. The van der Waals surface area contributed by atoms with E-state index in [1.165, 1.54) is 0 Å². The topological polar surface area (TPSA) is 49.8 Å². The van der Waals surface area contributed by atoms with Crippen molar-refractivity contribution < 1.29 is 0 Å². The number of benzene rings is 1. The largest absolute Gasteiger partial charge is 0.399 e. The van der Waals surface area contributed by atoms with Crippen LogP contribution in [0.4, 0.5) is 5.69 Å². The van der Waals surface area contributed by atoms with Crippen LogP contribution in [-0.4, -0.2) is 0 Å². The molecule has 0 heterocycles. The molecule has 0 aliphatic heterocycles. The van der Waals surface area contributed by atoms with Gasteiger partial charge in [0.2, 0.25) is 0 Å². The zero-order chi connectivity index (χ0) is 6.69. The quantitative estimate of drug-likeness (QED) is 0.577. The van der Waals surface area contributed by atoms with Crippen molar-refractivity contribution in [2.24, 2.45) is 0 Å². The summed E-state index contributed by atoms with van der Waals surface area (Å²) in [5, 5.41) is 8.34. The summed E-state index contributed by atoms with van der Waals surface area (Å²) < 4.78 is 0. The van der Waals surface area contributed by atoms with Gasteiger partial charge in [0.15, 0.2) is 0 Å². The zero-order valence-corrected chi connectivity index (χ0v) is 6.06. The second kappa shape index (κ2) is 3.76. The highest BCUT2D eigenvalue weighted by Gasteiger charge is 1.85. The number of nitrogens with zero attached hydrogens (tertiary/aromatic N) is 1. The lowest BCUT2D eigenvalue weighted by atomic mass is 10.2. The maximum absolute atomic E-state index is 8.34. The van der Waals surface area contributed by atoms with Gasteiger partial charge in [0.25, 0.3) is 0 Å². The molecule has 52 valence electrons. The van der Waals surface area contributed by atoms with Gasteiger partial charge in [0, 0.05) is 5.69 Å². The van der Waals surface area contributed by atoms with Crippen molar-refractivity contribution in [1.82, 2.24) is 0 Å². The minimum Gasteiger partial charge on any atom is -0.399 e. The van der Waals surface area contributed by atoms with Crippen molar-refractivity contribution in [3.8, 4) is 6.07 Å². The number of nitrogen functional groups attached to an aromatic ring is 1. The molecule has 2 N–H and O–H groups in total. The summed E-state index contributed by atoms with van der Waals surface area (Å²) >= 11 is 0. The number of hydrogen-bond donors (Lipinski definition) is 1. The van der Waals surface area contributed by atoms with Crippen LogP contribution in [0.1, 0.15) is 5.56 Å². The Labute approximate surface area is 65.7 Å². The van der Waals surface area contributed by atoms with Gasteiger partial charge in [-0.1, -0.05) is 0 Å². The van der Waals surface area contributed by atoms with E-state index in [1.807, 2.05) is 6.07 Å². The number of nitriles is 1. The number of rotatable bonds is 0. The summed E-state index contributed by atoms with van der Waals surface area (Å²) in [4.78, 5) is 0. The molecule has 0 radical (unpaired) electrons.